The number of ether oxygens (including phenoxy) is 1. The van der Waals surface area contributed by atoms with Crippen LogP contribution in [-0.4, -0.2) is 56.0 Å². The number of anilines is 3. The second kappa shape index (κ2) is 13.5. The average Bonchev–Trinajstić information content (AvgIpc) is 3.13. The molecule has 0 bridgehead atoms. The van der Waals surface area contributed by atoms with E-state index in [4.69, 9.17) is 4.74 Å². The zero-order valence-electron chi connectivity index (χ0n) is 25.9. The highest BCUT2D eigenvalue weighted by atomic mass is 19.4. The molecule has 49 heavy (non-hydrogen) atoms. The van der Waals surface area contributed by atoms with Crippen molar-refractivity contribution < 1.29 is 17.9 Å². The minimum absolute atomic E-state index is 0.0370. The topological polar surface area (TPSA) is 116 Å². The van der Waals surface area contributed by atoms with Crippen molar-refractivity contribution in [2.24, 2.45) is 0 Å². The number of fused-ring (bicyclic) bond motifs is 1. The first-order valence-corrected chi connectivity index (χ1v) is 15.5. The second-order valence-electron chi connectivity index (χ2n) is 11.3. The van der Waals surface area contributed by atoms with Crippen molar-refractivity contribution in [3.8, 4) is 18.0 Å². The Morgan fingerprint density at radius 2 is 1.45 bits per heavy atom. The first kappa shape index (κ1) is 31.5. The molecule has 0 spiro atoms. The molecule has 13 heteroatoms. The summed E-state index contributed by atoms with van der Waals surface area (Å²) in [7, 11) is 0. The van der Waals surface area contributed by atoms with Gasteiger partial charge in [0.15, 0.2) is 0 Å². The highest BCUT2D eigenvalue weighted by molar-refractivity contribution is 5.83. The Kier molecular flexibility index (Phi) is 8.70. The largest absolute Gasteiger partial charge is 0.417 e. The molecule has 1 fully saturated rings. The minimum Gasteiger partial charge on any atom is -0.404 e. The van der Waals surface area contributed by atoms with Gasteiger partial charge in [-0.05, 0) is 41.5 Å². The lowest BCUT2D eigenvalue weighted by Crippen LogP contribution is -2.48. The second-order valence-corrected chi connectivity index (χ2v) is 11.3. The van der Waals surface area contributed by atoms with E-state index in [-0.39, 0.29) is 35.5 Å². The van der Waals surface area contributed by atoms with Gasteiger partial charge in [0, 0.05) is 31.9 Å². The van der Waals surface area contributed by atoms with Crippen molar-refractivity contribution >= 4 is 28.5 Å². The van der Waals surface area contributed by atoms with E-state index < -0.39 is 17.3 Å². The van der Waals surface area contributed by atoms with Crippen LogP contribution in [0, 0.1) is 11.3 Å². The van der Waals surface area contributed by atoms with Crippen LogP contribution in [0.1, 0.15) is 28.3 Å². The number of rotatable bonds is 8. The summed E-state index contributed by atoms with van der Waals surface area (Å²) in [5.74, 6) is 0.459. The molecule has 1 aliphatic rings. The lowest BCUT2D eigenvalue weighted by Gasteiger charge is -2.39. The van der Waals surface area contributed by atoms with Crippen molar-refractivity contribution in [2.75, 3.05) is 36.4 Å². The molecule has 244 valence electrons. The quantitative estimate of drug-likeness (QED) is 0.181. The lowest BCUT2D eigenvalue weighted by atomic mass is 9.96. The third kappa shape index (κ3) is 6.95. The number of nitrogens with one attached hydrogen (secondary N) is 1. The van der Waals surface area contributed by atoms with Gasteiger partial charge in [0.25, 0.3) is 0 Å². The Labute approximate surface area is 279 Å². The predicted octanol–water partition coefficient (Wildman–Crippen LogP) is 7.15. The van der Waals surface area contributed by atoms with Crippen LogP contribution in [0.3, 0.4) is 0 Å². The number of hydrogen-bond acceptors (Lipinski definition) is 10. The predicted molar refractivity (Wildman–Crippen MR) is 177 cm³/mol. The molecule has 4 aromatic carbocycles. The number of alkyl halides is 3. The smallest absolute Gasteiger partial charge is 0.404 e. The molecule has 1 N–H and O–H groups in total. The van der Waals surface area contributed by atoms with Gasteiger partial charge in [0.2, 0.25) is 17.8 Å². The summed E-state index contributed by atoms with van der Waals surface area (Å²) in [6.45, 7) is 2.48. The van der Waals surface area contributed by atoms with E-state index in [1.165, 1.54) is 23.5 Å². The van der Waals surface area contributed by atoms with Crippen LogP contribution in [0.4, 0.5) is 30.8 Å². The van der Waals surface area contributed by atoms with E-state index in [9.17, 15) is 18.4 Å². The number of piperazine rings is 1. The van der Waals surface area contributed by atoms with Gasteiger partial charge in [0.1, 0.15) is 6.33 Å². The summed E-state index contributed by atoms with van der Waals surface area (Å²) in [5.41, 5.74) is 1.50. The maximum absolute atomic E-state index is 13.7. The number of halogens is 3. The van der Waals surface area contributed by atoms with Crippen LogP contribution in [0.5, 0.6) is 11.9 Å². The van der Waals surface area contributed by atoms with Crippen molar-refractivity contribution in [3.05, 3.63) is 132 Å². The van der Waals surface area contributed by atoms with Crippen molar-refractivity contribution in [1.29, 1.82) is 5.26 Å². The lowest BCUT2D eigenvalue weighted by molar-refractivity contribution is -0.137. The Hall–Kier alpha value is -6.13. The Balaban J connectivity index is 1.20. The number of nitrogens with zero attached hydrogens (tertiary/aromatic N) is 8. The third-order valence-electron chi connectivity index (χ3n) is 8.19. The summed E-state index contributed by atoms with van der Waals surface area (Å²) in [5, 5.41) is 12.7. The van der Waals surface area contributed by atoms with Crippen LogP contribution in [0.15, 0.2) is 109 Å². The SMILES string of the molecule is N#Cc1ccc(Nc2nc(Oc3ncnc4ccccc34)nc(N3CCN(C(c4ccccc4)c4ccccc4)CC3)n2)cc1C(F)(F)F. The van der Waals surface area contributed by atoms with Crippen molar-refractivity contribution in [1.82, 2.24) is 29.8 Å². The fourth-order valence-electron chi connectivity index (χ4n) is 5.88. The van der Waals surface area contributed by atoms with Crippen LogP contribution in [0.2, 0.25) is 0 Å². The van der Waals surface area contributed by atoms with Gasteiger partial charge in [0.05, 0.1) is 34.1 Å². The molecule has 0 radical (unpaired) electrons. The van der Waals surface area contributed by atoms with E-state index in [0.717, 1.165) is 12.1 Å². The number of hydrogen-bond donors (Lipinski definition) is 1. The number of benzene rings is 4. The summed E-state index contributed by atoms with van der Waals surface area (Å²) in [6, 6.07) is 32.8. The van der Waals surface area contributed by atoms with Crippen molar-refractivity contribution in [2.45, 2.75) is 12.2 Å². The number of aromatic nitrogens is 5. The first-order chi connectivity index (χ1) is 23.9. The van der Waals surface area contributed by atoms with Gasteiger partial charge >= 0.3 is 12.2 Å². The fourth-order valence-corrected chi connectivity index (χ4v) is 5.88. The van der Waals surface area contributed by atoms with E-state index in [1.807, 2.05) is 59.5 Å². The van der Waals surface area contributed by atoms with E-state index >= 15 is 0 Å². The molecule has 1 aliphatic heterocycles. The number of para-hydroxylation sites is 1. The molecule has 0 unspecified atom stereocenters. The van der Waals surface area contributed by atoms with E-state index in [0.29, 0.717) is 37.1 Å². The Bertz CT molecular complexity index is 2070. The zero-order valence-corrected chi connectivity index (χ0v) is 25.9. The molecule has 0 aliphatic carbocycles. The summed E-state index contributed by atoms with van der Waals surface area (Å²) >= 11 is 0. The van der Waals surface area contributed by atoms with E-state index in [1.54, 1.807) is 12.1 Å². The zero-order chi connectivity index (χ0) is 33.8. The molecule has 1 saturated heterocycles. The van der Waals surface area contributed by atoms with Gasteiger partial charge in [-0.25, -0.2) is 9.97 Å². The minimum atomic E-state index is -4.73. The molecular formula is C36H28F3N9O. The van der Waals surface area contributed by atoms with Crippen LogP contribution in [0.25, 0.3) is 10.9 Å². The monoisotopic (exact) mass is 659 g/mol. The third-order valence-corrected chi connectivity index (χ3v) is 8.19. The fraction of sp³-hybridized carbons (Fsp3) is 0.167. The maximum Gasteiger partial charge on any atom is 0.417 e. The molecular weight excluding hydrogens is 631 g/mol. The van der Waals surface area contributed by atoms with Crippen LogP contribution >= 0.6 is 0 Å². The standard InChI is InChI=1S/C36H28F3N9O/c37-36(38,39)29-21-27(16-15-26(29)22-40)43-33-44-34(46-35(45-33)49-32-28-13-7-8-14-30(28)41-23-42-32)48-19-17-47(18-20-48)31(24-9-3-1-4-10-24)25-11-5-2-6-12-25/h1-16,21,23,31H,17-20H2,(H,43,44,45,46). The maximum atomic E-state index is 13.7. The Morgan fingerprint density at radius 3 is 2.12 bits per heavy atom. The molecule has 0 amide bonds. The summed E-state index contributed by atoms with van der Waals surface area (Å²) in [4.78, 5) is 26.5. The van der Waals surface area contributed by atoms with Crippen molar-refractivity contribution in [3.63, 3.8) is 0 Å². The summed E-state index contributed by atoms with van der Waals surface area (Å²) < 4.78 is 47.3. The summed E-state index contributed by atoms with van der Waals surface area (Å²) in [6.07, 6.45) is -3.37. The molecule has 3 heterocycles. The van der Waals surface area contributed by atoms with Gasteiger partial charge in [-0.2, -0.15) is 33.4 Å². The van der Waals surface area contributed by atoms with E-state index in [2.05, 4.69) is 59.4 Å². The first-order valence-electron chi connectivity index (χ1n) is 15.5. The average molecular weight is 660 g/mol. The van der Waals surface area contributed by atoms with Gasteiger partial charge in [-0.3, -0.25) is 4.90 Å². The molecule has 2 aromatic heterocycles. The van der Waals surface area contributed by atoms with Crippen LogP contribution in [-0.2, 0) is 6.18 Å². The van der Waals surface area contributed by atoms with Gasteiger partial charge < -0.3 is 15.0 Å². The van der Waals surface area contributed by atoms with Crippen LogP contribution < -0.4 is 15.0 Å². The number of nitriles is 1. The molecule has 6 aromatic rings. The molecule has 0 atom stereocenters. The van der Waals surface area contributed by atoms with Gasteiger partial charge in [-0.1, -0.05) is 72.8 Å². The van der Waals surface area contributed by atoms with Gasteiger partial charge in [-0.15, -0.1) is 0 Å². The molecule has 10 nitrogen and oxygen atoms in total. The normalized spacial score (nSPS) is 13.7. The Morgan fingerprint density at radius 1 is 0.776 bits per heavy atom. The molecule has 7 rings (SSSR count). The highest BCUT2D eigenvalue weighted by Crippen LogP contribution is 2.35. The highest BCUT2D eigenvalue weighted by Gasteiger charge is 2.34. The molecule has 0 saturated carbocycles.